The summed E-state index contributed by atoms with van der Waals surface area (Å²) < 4.78 is 0. The van der Waals surface area contributed by atoms with Gasteiger partial charge in [-0.3, -0.25) is 4.98 Å². The number of phenols is 1. The lowest BCUT2D eigenvalue weighted by Gasteiger charge is -2.39. The Morgan fingerprint density at radius 1 is 1.04 bits per heavy atom. The number of aromatic nitrogens is 3. The van der Waals surface area contributed by atoms with E-state index >= 15 is 0 Å². The third-order valence-corrected chi connectivity index (χ3v) is 5.10. The molecule has 27 heavy (non-hydrogen) atoms. The lowest BCUT2D eigenvalue weighted by atomic mass is 9.85. The lowest BCUT2D eigenvalue weighted by Crippen LogP contribution is -2.43. The Morgan fingerprint density at radius 2 is 1.81 bits per heavy atom. The van der Waals surface area contributed by atoms with Crippen molar-refractivity contribution in [1.29, 1.82) is 0 Å². The molecule has 4 rings (SSSR count). The zero-order valence-electron chi connectivity index (χ0n) is 15.2. The fraction of sp³-hybridized carbons (Fsp3) is 0.286. The molecule has 1 aromatic carbocycles. The van der Waals surface area contributed by atoms with Crippen molar-refractivity contribution in [3.63, 3.8) is 0 Å². The molecule has 0 saturated carbocycles. The summed E-state index contributed by atoms with van der Waals surface area (Å²) in [4.78, 5) is 15.4. The van der Waals surface area contributed by atoms with Gasteiger partial charge in [-0.25, -0.2) is 9.97 Å². The zero-order valence-corrected chi connectivity index (χ0v) is 15.2. The van der Waals surface area contributed by atoms with E-state index in [-0.39, 0.29) is 5.75 Å². The van der Waals surface area contributed by atoms with Gasteiger partial charge in [0.25, 0.3) is 0 Å². The summed E-state index contributed by atoms with van der Waals surface area (Å²) in [5.74, 6) is 1.49. The van der Waals surface area contributed by atoms with Crippen LogP contribution < -0.4 is 4.90 Å². The number of anilines is 1. The number of hydrogen-bond acceptors (Lipinski definition) is 6. The number of para-hydroxylation sites is 1. The van der Waals surface area contributed by atoms with E-state index in [1.807, 2.05) is 37.3 Å². The first-order valence-corrected chi connectivity index (χ1v) is 9.07. The molecule has 0 spiro atoms. The number of phenolic OH excluding ortho intramolecular Hbond substituents is 1. The summed E-state index contributed by atoms with van der Waals surface area (Å²) in [6.07, 6.45) is 4.66. The first-order chi connectivity index (χ1) is 13.0. The first-order valence-electron chi connectivity index (χ1n) is 9.07. The molecule has 1 aliphatic heterocycles. The highest BCUT2D eigenvalue weighted by atomic mass is 16.3. The Morgan fingerprint density at radius 3 is 2.52 bits per heavy atom. The third kappa shape index (κ3) is 3.48. The van der Waals surface area contributed by atoms with Gasteiger partial charge in [0.1, 0.15) is 11.6 Å². The van der Waals surface area contributed by atoms with Crippen molar-refractivity contribution in [3.8, 4) is 17.1 Å². The van der Waals surface area contributed by atoms with Crippen LogP contribution in [-0.4, -0.2) is 38.3 Å². The molecule has 6 nitrogen and oxygen atoms in total. The number of aliphatic hydroxyl groups is 1. The van der Waals surface area contributed by atoms with Crippen LogP contribution in [0.1, 0.15) is 24.1 Å². The maximum absolute atomic E-state index is 11.0. The summed E-state index contributed by atoms with van der Waals surface area (Å²) in [6.45, 7) is 3.29. The van der Waals surface area contributed by atoms with Gasteiger partial charge < -0.3 is 15.1 Å². The van der Waals surface area contributed by atoms with E-state index < -0.39 is 5.60 Å². The van der Waals surface area contributed by atoms with Gasteiger partial charge in [-0.1, -0.05) is 18.2 Å². The number of piperidine rings is 1. The van der Waals surface area contributed by atoms with Crippen LogP contribution in [0, 0.1) is 6.92 Å². The number of hydrogen-bond donors (Lipinski definition) is 2. The number of aryl methyl sites for hydroxylation is 1. The maximum atomic E-state index is 11.0. The van der Waals surface area contributed by atoms with Gasteiger partial charge in [-0.2, -0.15) is 0 Å². The Balaban J connectivity index is 1.58. The third-order valence-electron chi connectivity index (χ3n) is 5.10. The highest BCUT2D eigenvalue weighted by molar-refractivity contribution is 5.65. The standard InChI is InChI=1S/C21H22N4O2/c1-15-13-19(24-20(23-15)17-6-2-3-7-18(17)26)25-11-8-21(27,9-12-25)16-5-4-10-22-14-16/h2-7,10,13-14,26-27H,8-9,11-12H2,1H3. The normalized spacial score (nSPS) is 16.3. The first kappa shape index (κ1) is 17.4. The zero-order chi connectivity index (χ0) is 18.9. The van der Waals surface area contributed by atoms with Crippen LogP contribution in [0.15, 0.2) is 54.9 Å². The highest BCUT2D eigenvalue weighted by Crippen LogP contribution is 2.34. The lowest BCUT2D eigenvalue weighted by molar-refractivity contribution is 0.0113. The van der Waals surface area contributed by atoms with E-state index in [9.17, 15) is 10.2 Å². The molecule has 3 aromatic rings. The second kappa shape index (κ2) is 6.96. The SMILES string of the molecule is Cc1cc(N2CCC(O)(c3cccnc3)CC2)nc(-c2ccccc2O)n1. The highest BCUT2D eigenvalue weighted by Gasteiger charge is 2.34. The molecule has 1 aliphatic rings. The van der Waals surface area contributed by atoms with Gasteiger partial charge in [0.2, 0.25) is 0 Å². The molecule has 0 atom stereocenters. The van der Waals surface area contributed by atoms with E-state index in [0.717, 1.165) is 17.1 Å². The summed E-state index contributed by atoms with van der Waals surface area (Å²) >= 11 is 0. The molecule has 2 aromatic heterocycles. The summed E-state index contributed by atoms with van der Waals surface area (Å²) in [5.41, 5.74) is 1.46. The van der Waals surface area contributed by atoms with Gasteiger partial charge in [0, 0.05) is 42.8 Å². The van der Waals surface area contributed by atoms with Crippen molar-refractivity contribution >= 4 is 5.82 Å². The van der Waals surface area contributed by atoms with Crippen molar-refractivity contribution in [3.05, 3.63) is 66.1 Å². The summed E-state index contributed by atoms with van der Waals surface area (Å²) in [7, 11) is 0. The maximum Gasteiger partial charge on any atom is 0.165 e. The molecule has 0 bridgehead atoms. The van der Waals surface area contributed by atoms with Crippen LogP contribution in [0.5, 0.6) is 5.75 Å². The van der Waals surface area contributed by atoms with Crippen LogP contribution in [0.4, 0.5) is 5.82 Å². The predicted octanol–water partition coefficient (Wildman–Crippen LogP) is 3.04. The number of aromatic hydroxyl groups is 1. The molecule has 0 radical (unpaired) electrons. The minimum absolute atomic E-state index is 0.165. The Bertz CT molecular complexity index is 938. The largest absolute Gasteiger partial charge is 0.507 e. The van der Waals surface area contributed by atoms with Crippen LogP contribution in [0.2, 0.25) is 0 Å². The molecular weight excluding hydrogens is 340 g/mol. The fourth-order valence-corrected chi connectivity index (χ4v) is 3.53. The smallest absolute Gasteiger partial charge is 0.165 e. The van der Waals surface area contributed by atoms with E-state index in [1.165, 1.54) is 0 Å². The average Bonchev–Trinajstić information content (AvgIpc) is 2.69. The number of benzene rings is 1. The molecule has 138 valence electrons. The second-order valence-corrected chi connectivity index (χ2v) is 6.97. The van der Waals surface area contributed by atoms with E-state index in [1.54, 1.807) is 24.5 Å². The Hall–Kier alpha value is -2.99. The van der Waals surface area contributed by atoms with E-state index in [2.05, 4.69) is 19.9 Å². The number of rotatable bonds is 3. The second-order valence-electron chi connectivity index (χ2n) is 6.97. The van der Waals surface area contributed by atoms with Crippen LogP contribution in [0.25, 0.3) is 11.4 Å². The van der Waals surface area contributed by atoms with Crippen molar-refractivity contribution in [1.82, 2.24) is 15.0 Å². The van der Waals surface area contributed by atoms with Gasteiger partial charge in [-0.15, -0.1) is 0 Å². The average molecular weight is 362 g/mol. The van der Waals surface area contributed by atoms with Crippen molar-refractivity contribution in [2.75, 3.05) is 18.0 Å². The minimum Gasteiger partial charge on any atom is -0.507 e. The van der Waals surface area contributed by atoms with Crippen LogP contribution >= 0.6 is 0 Å². The van der Waals surface area contributed by atoms with Crippen LogP contribution in [-0.2, 0) is 5.60 Å². The van der Waals surface area contributed by atoms with Crippen molar-refractivity contribution in [2.24, 2.45) is 0 Å². The monoisotopic (exact) mass is 362 g/mol. The topological polar surface area (TPSA) is 82.4 Å². The predicted molar refractivity (Wildman–Crippen MR) is 103 cm³/mol. The molecule has 2 N–H and O–H groups in total. The number of pyridine rings is 1. The molecule has 6 heteroatoms. The fourth-order valence-electron chi connectivity index (χ4n) is 3.53. The summed E-state index contributed by atoms with van der Waals surface area (Å²) in [6, 6.07) is 12.8. The molecule has 0 amide bonds. The van der Waals surface area contributed by atoms with E-state index in [0.29, 0.717) is 37.3 Å². The Kier molecular flexibility index (Phi) is 4.49. The molecular formula is C21H22N4O2. The Labute approximate surface area is 158 Å². The molecule has 0 unspecified atom stereocenters. The quantitative estimate of drug-likeness (QED) is 0.745. The summed E-state index contributed by atoms with van der Waals surface area (Å²) in [5, 5.41) is 21.1. The molecule has 1 saturated heterocycles. The van der Waals surface area contributed by atoms with Crippen LogP contribution in [0.3, 0.4) is 0 Å². The van der Waals surface area contributed by atoms with Gasteiger partial charge in [0.15, 0.2) is 5.82 Å². The minimum atomic E-state index is -0.854. The van der Waals surface area contributed by atoms with E-state index in [4.69, 9.17) is 0 Å². The van der Waals surface area contributed by atoms with Gasteiger partial charge >= 0.3 is 0 Å². The molecule has 3 heterocycles. The molecule has 0 aliphatic carbocycles. The van der Waals surface area contributed by atoms with Gasteiger partial charge in [0.05, 0.1) is 11.2 Å². The van der Waals surface area contributed by atoms with Gasteiger partial charge in [-0.05, 0) is 38.0 Å². The van der Waals surface area contributed by atoms with Crippen molar-refractivity contribution < 1.29 is 10.2 Å². The van der Waals surface area contributed by atoms with Crippen molar-refractivity contribution in [2.45, 2.75) is 25.4 Å². The number of nitrogens with zero attached hydrogens (tertiary/aromatic N) is 4. The molecule has 1 fully saturated rings.